The third-order valence-corrected chi connectivity index (χ3v) is 4.78. The summed E-state index contributed by atoms with van der Waals surface area (Å²) < 4.78 is 5.95. The standard InChI is InChI=1S/C19H19NO3S/c1-3-4-10-15(21)20-19-16(14-9-6-11-24-14)17(22)13-8-5-7-12(2)18(13)23-19/h5-9,11H,3-4,10H2,1-2H3,(H,20,21). The Bertz CT molecular complexity index is 926. The van der Waals surface area contributed by atoms with Gasteiger partial charge in [0.15, 0.2) is 0 Å². The van der Waals surface area contributed by atoms with Gasteiger partial charge in [-0.05, 0) is 36.4 Å². The van der Waals surface area contributed by atoms with E-state index in [0.29, 0.717) is 23.0 Å². The van der Waals surface area contributed by atoms with E-state index in [1.807, 2.05) is 43.5 Å². The second-order valence-electron chi connectivity index (χ2n) is 5.72. The minimum atomic E-state index is -0.134. The first-order chi connectivity index (χ1) is 11.6. The number of thiophene rings is 1. The van der Waals surface area contributed by atoms with Crippen molar-refractivity contribution in [3.05, 3.63) is 51.5 Å². The highest BCUT2D eigenvalue weighted by Gasteiger charge is 2.19. The fourth-order valence-electron chi connectivity index (χ4n) is 2.62. The first-order valence-electron chi connectivity index (χ1n) is 8.02. The van der Waals surface area contributed by atoms with Crippen molar-refractivity contribution < 1.29 is 9.21 Å². The third kappa shape index (κ3) is 3.12. The van der Waals surface area contributed by atoms with Gasteiger partial charge >= 0.3 is 0 Å². The number of aryl methyl sites for hydroxylation is 1. The largest absolute Gasteiger partial charge is 0.439 e. The number of nitrogens with one attached hydrogen (secondary N) is 1. The summed E-state index contributed by atoms with van der Waals surface area (Å²) in [4.78, 5) is 25.9. The topological polar surface area (TPSA) is 59.3 Å². The predicted octanol–water partition coefficient (Wildman–Crippen LogP) is 4.96. The van der Waals surface area contributed by atoms with E-state index in [1.54, 1.807) is 6.07 Å². The summed E-state index contributed by atoms with van der Waals surface area (Å²) in [6.45, 7) is 3.92. The van der Waals surface area contributed by atoms with Gasteiger partial charge in [-0.15, -0.1) is 11.3 Å². The van der Waals surface area contributed by atoms with E-state index < -0.39 is 0 Å². The normalized spacial score (nSPS) is 10.9. The average molecular weight is 341 g/mol. The lowest BCUT2D eigenvalue weighted by Crippen LogP contribution is -2.16. The highest BCUT2D eigenvalue weighted by Crippen LogP contribution is 2.32. The van der Waals surface area contributed by atoms with Gasteiger partial charge in [-0.2, -0.15) is 0 Å². The third-order valence-electron chi connectivity index (χ3n) is 3.89. The van der Waals surface area contributed by atoms with Gasteiger partial charge < -0.3 is 4.42 Å². The van der Waals surface area contributed by atoms with Gasteiger partial charge in [0.1, 0.15) is 11.1 Å². The van der Waals surface area contributed by atoms with Crippen LogP contribution in [0.15, 0.2) is 44.9 Å². The van der Waals surface area contributed by atoms with Crippen LogP contribution in [0, 0.1) is 6.92 Å². The van der Waals surface area contributed by atoms with Crippen molar-refractivity contribution in [2.24, 2.45) is 0 Å². The molecule has 4 nitrogen and oxygen atoms in total. The maximum Gasteiger partial charge on any atom is 0.226 e. The second kappa shape index (κ2) is 7.01. The zero-order valence-electron chi connectivity index (χ0n) is 13.7. The summed E-state index contributed by atoms with van der Waals surface area (Å²) in [5, 5.41) is 5.23. The van der Waals surface area contributed by atoms with Gasteiger partial charge in [0.05, 0.1) is 5.39 Å². The Hall–Kier alpha value is -2.40. The number of amides is 1. The maximum atomic E-state index is 13.0. The molecular formula is C19H19NO3S. The summed E-state index contributed by atoms with van der Waals surface area (Å²) in [5.41, 5.74) is 1.70. The second-order valence-corrected chi connectivity index (χ2v) is 6.66. The van der Waals surface area contributed by atoms with E-state index >= 15 is 0 Å². The maximum absolute atomic E-state index is 13.0. The molecule has 124 valence electrons. The molecule has 0 aliphatic rings. The zero-order chi connectivity index (χ0) is 17.1. The summed E-state index contributed by atoms with van der Waals surface area (Å²) in [5.74, 6) is 0.107. The van der Waals surface area contributed by atoms with Crippen LogP contribution in [0.5, 0.6) is 0 Å². The van der Waals surface area contributed by atoms with Gasteiger partial charge in [0, 0.05) is 11.3 Å². The molecule has 1 aromatic carbocycles. The van der Waals surface area contributed by atoms with Crippen LogP contribution in [-0.4, -0.2) is 5.91 Å². The number of carbonyl (C=O) groups excluding carboxylic acids is 1. The minimum Gasteiger partial charge on any atom is -0.439 e. The summed E-state index contributed by atoms with van der Waals surface area (Å²) in [7, 11) is 0. The molecule has 0 atom stereocenters. The number of hydrogen-bond donors (Lipinski definition) is 1. The molecule has 24 heavy (non-hydrogen) atoms. The zero-order valence-corrected chi connectivity index (χ0v) is 14.5. The van der Waals surface area contributed by atoms with Gasteiger partial charge in [0.2, 0.25) is 17.2 Å². The molecular weight excluding hydrogens is 322 g/mol. The molecule has 2 aromatic heterocycles. The Labute approximate surface area is 144 Å². The molecule has 1 N–H and O–H groups in total. The summed E-state index contributed by atoms with van der Waals surface area (Å²) in [6, 6.07) is 9.22. The number of rotatable bonds is 5. The van der Waals surface area contributed by atoms with Crippen LogP contribution in [0.4, 0.5) is 5.88 Å². The molecule has 1 amide bonds. The molecule has 0 spiro atoms. The Morgan fingerprint density at radius 1 is 1.25 bits per heavy atom. The van der Waals surface area contributed by atoms with Crippen LogP contribution in [0.1, 0.15) is 31.7 Å². The molecule has 3 rings (SSSR count). The first kappa shape index (κ1) is 16.5. The van der Waals surface area contributed by atoms with Crippen molar-refractivity contribution in [2.75, 3.05) is 5.32 Å². The molecule has 0 aliphatic heterocycles. The van der Waals surface area contributed by atoms with E-state index in [4.69, 9.17) is 4.42 Å². The fraction of sp³-hybridized carbons (Fsp3) is 0.263. The minimum absolute atomic E-state index is 0.117. The molecule has 5 heteroatoms. The number of carbonyl (C=O) groups is 1. The Balaban J connectivity index is 2.18. The molecule has 0 radical (unpaired) electrons. The predicted molar refractivity (Wildman–Crippen MR) is 98.7 cm³/mol. The molecule has 0 fully saturated rings. The fourth-order valence-corrected chi connectivity index (χ4v) is 3.38. The Morgan fingerprint density at radius 3 is 2.79 bits per heavy atom. The molecule has 0 saturated heterocycles. The average Bonchev–Trinajstić information content (AvgIpc) is 3.08. The molecule has 0 unspecified atom stereocenters. The molecule has 2 heterocycles. The number of unbranched alkanes of at least 4 members (excludes halogenated alkanes) is 1. The summed E-state index contributed by atoms with van der Waals surface area (Å²) in [6.07, 6.45) is 2.15. The van der Waals surface area contributed by atoms with Crippen molar-refractivity contribution in [3.8, 4) is 10.4 Å². The lowest BCUT2D eigenvalue weighted by molar-refractivity contribution is -0.116. The van der Waals surface area contributed by atoms with Crippen LogP contribution >= 0.6 is 11.3 Å². The van der Waals surface area contributed by atoms with Crippen molar-refractivity contribution in [3.63, 3.8) is 0 Å². The van der Waals surface area contributed by atoms with E-state index in [-0.39, 0.29) is 17.2 Å². The monoisotopic (exact) mass is 341 g/mol. The molecule has 0 aliphatic carbocycles. The van der Waals surface area contributed by atoms with Crippen LogP contribution in [-0.2, 0) is 4.79 Å². The Kier molecular flexibility index (Phi) is 4.81. The van der Waals surface area contributed by atoms with E-state index in [1.165, 1.54) is 11.3 Å². The number of para-hydroxylation sites is 1. The van der Waals surface area contributed by atoms with Crippen LogP contribution in [0.3, 0.4) is 0 Å². The highest BCUT2D eigenvalue weighted by molar-refractivity contribution is 7.13. The van der Waals surface area contributed by atoms with Gasteiger partial charge in [-0.3, -0.25) is 14.9 Å². The summed E-state index contributed by atoms with van der Waals surface area (Å²) >= 11 is 1.45. The van der Waals surface area contributed by atoms with Crippen molar-refractivity contribution >= 4 is 34.1 Å². The van der Waals surface area contributed by atoms with Crippen molar-refractivity contribution in [1.82, 2.24) is 0 Å². The highest BCUT2D eigenvalue weighted by atomic mass is 32.1. The lowest BCUT2D eigenvalue weighted by atomic mass is 10.1. The lowest BCUT2D eigenvalue weighted by Gasteiger charge is -2.11. The number of benzene rings is 1. The SMILES string of the molecule is CCCCC(=O)Nc1oc2c(C)cccc2c(=O)c1-c1cccs1. The van der Waals surface area contributed by atoms with Gasteiger partial charge in [-0.1, -0.05) is 31.5 Å². The number of anilines is 1. The first-order valence-corrected chi connectivity index (χ1v) is 8.90. The quantitative estimate of drug-likeness (QED) is 0.713. The van der Waals surface area contributed by atoms with E-state index in [9.17, 15) is 9.59 Å². The van der Waals surface area contributed by atoms with E-state index in [0.717, 1.165) is 23.3 Å². The molecule has 0 saturated carbocycles. The molecule has 0 bridgehead atoms. The van der Waals surface area contributed by atoms with Crippen LogP contribution in [0.2, 0.25) is 0 Å². The van der Waals surface area contributed by atoms with Crippen LogP contribution < -0.4 is 10.7 Å². The number of fused-ring (bicyclic) bond motifs is 1. The number of hydrogen-bond acceptors (Lipinski definition) is 4. The van der Waals surface area contributed by atoms with E-state index in [2.05, 4.69) is 5.32 Å². The molecule has 3 aromatic rings. The van der Waals surface area contributed by atoms with Gasteiger partial charge in [0.25, 0.3) is 0 Å². The van der Waals surface area contributed by atoms with Crippen LogP contribution in [0.25, 0.3) is 21.4 Å². The smallest absolute Gasteiger partial charge is 0.226 e. The van der Waals surface area contributed by atoms with Gasteiger partial charge in [-0.25, -0.2) is 0 Å². The Morgan fingerprint density at radius 2 is 2.08 bits per heavy atom. The van der Waals surface area contributed by atoms with Crippen molar-refractivity contribution in [1.29, 1.82) is 0 Å². The van der Waals surface area contributed by atoms with Crippen molar-refractivity contribution in [2.45, 2.75) is 33.1 Å².